The van der Waals surface area contributed by atoms with E-state index in [4.69, 9.17) is 4.42 Å². The fourth-order valence-corrected chi connectivity index (χ4v) is 2.66. The largest absolute Gasteiger partial charge is 0.469 e. The fourth-order valence-electron chi connectivity index (χ4n) is 2.66. The Morgan fingerprint density at radius 2 is 1.92 bits per heavy atom. The van der Waals surface area contributed by atoms with Crippen molar-refractivity contribution in [3.8, 4) is 0 Å². The zero-order chi connectivity index (χ0) is 17.3. The van der Waals surface area contributed by atoms with E-state index in [1.807, 2.05) is 0 Å². The summed E-state index contributed by atoms with van der Waals surface area (Å²) in [4.78, 5) is 25.4. The summed E-state index contributed by atoms with van der Waals surface area (Å²) >= 11 is 0. The van der Waals surface area contributed by atoms with E-state index >= 15 is 0 Å². The molecule has 126 valence electrons. The molecular formula is C16H13F3N2O3. The maximum absolute atomic E-state index is 13.1. The monoisotopic (exact) mass is 338 g/mol. The number of furan rings is 1. The third-order valence-corrected chi connectivity index (χ3v) is 3.86. The van der Waals surface area contributed by atoms with Gasteiger partial charge in [-0.1, -0.05) is 0 Å². The summed E-state index contributed by atoms with van der Waals surface area (Å²) < 4.78 is 44.4. The van der Waals surface area contributed by atoms with E-state index in [-0.39, 0.29) is 11.6 Å². The van der Waals surface area contributed by atoms with Gasteiger partial charge in [0.25, 0.3) is 0 Å². The Kier molecular flexibility index (Phi) is 4.28. The summed E-state index contributed by atoms with van der Waals surface area (Å²) in [5.41, 5.74) is -0.327. The molecule has 1 aliphatic rings. The van der Waals surface area contributed by atoms with Crippen LogP contribution >= 0.6 is 0 Å². The number of likely N-dealkylation sites (tertiary alicyclic amines) is 1. The van der Waals surface area contributed by atoms with Gasteiger partial charge >= 0.3 is 11.8 Å². The first-order valence-electron chi connectivity index (χ1n) is 7.24. The fraction of sp³-hybridized carbons (Fsp3) is 0.250. The molecular weight excluding hydrogens is 325 g/mol. The van der Waals surface area contributed by atoms with Crippen LogP contribution < -0.4 is 5.32 Å². The van der Waals surface area contributed by atoms with Crippen molar-refractivity contribution in [3.05, 3.63) is 53.7 Å². The average molecular weight is 338 g/mol. The maximum atomic E-state index is 13.1. The molecule has 0 radical (unpaired) electrons. The van der Waals surface area contributed by atoms with Gasteiger partial charge in [-0.05, 0) is 18.6 Å². The van der Waals surface area contributed by atoms with Crippen molar-refractivity contribution in [2.75, 3.05) is 18.4 Å². The van der Waals surface area contributed by atoms with Crippen LogP contribution in [0.1, 0.15) is 18.1 Å². The predicted octanol–water partition coefficient (Wildman–Crippen LogP) is 2.65. The second kappa shape index (κ2) is 6.38. The van der Waals surface area contributed by atoms with E-state index in [2.05, 4.69) is 5.32 Å². The minimum atomic E-state index is -1.64. The number of nitrogens with zero attached hydrogens (tertiary/aromatic N) is 1. The Morgan fingerprint density at radius 3 is 2.54 bits per heavy atom. The number of amides is 2. The van der Waals surface area contributed by atoms with Crippen molar-refractivity contribution >= 4 is 17.5 Å². The van der Waals surface area contributed by atoms with Gasteiger partial charge in [0.15, 0.2) is 17.5 Å². The van der Waals surface area contributed by atoms with Gasteiger partial charge < -0.3 is 14.6 Å². The van der Waals surface area contributed by atoms with Gasteiger partial charge in [0, 0.05) is 36.8 Å². The Labute approximate surface area is 135 Å². The lowest BCUT2D eigenvalue weighted by Crippen LogP contribution is -2.38. The molecule has 1 unspecified atom stereocenters. The van der Waals surface area contributed by atoms with E-state index in [0.29, 0.717) is 31.6 Å². The third-order valence-electron chi connectivity index (χ3n) is 3.86. The molecule has 1 atom stereocenters. The highest BCUT2D eigenvalue weighted by molar-refractivity contribution is 6.39. The molecule has 1 fully saturated rings. The number of carbonyl (C=O) groups excluding carboxylic acids is 2. The Morgan fingerprint density at radius 1 is 1.21 bits per heavy atom. The minimum absolute atomic E-state index is 0.00235. The molecule has 1 aliphatic heterocycles. The topological polar surface area (TPSA) is 62.6 Å². The molecule has 0 aliphatic carbocycles. The van der Waals surface area contributed by atoms with Crippen LogP contribution in [0.4, 0.5) is 18.9 Å². The lowest BCUT2D eigenvalue weighted by Gasteiger charge is -2.15. The van der Waals surface area contributed by atoms with E-state index in [9.17, 15) is 22.8 Å². The number of anilines is 1. The van der Waals surface area contributed by atoms with Crippen molar-refractivity contribution in [1.29, 1.82) is 0 Å². The van der Waals surface area contributed by atoms with Crippen LogP contribution in [0.15, 0.2) is 34.9 Å². The highest BCUT2D eigenvalue weighted by Gasteiger charge is 2.32. The van der Waals surface area contributed by atoms with Crippen LogP contribution in [-0.2, 0) is 9.59 Å². The number of rotatable bonds is 2. The summed E-state index contributed by atoms with van der Waals surface area (Å²) in [5, 5.41) is 2.08. The van der Waals surface area contributed by atoms with Gasteiger partial charge in [-0.15, -0.1) is 0 Å². The first-order valence-corrected chi connectivity index (χ1v) is 7.24. The molecule has 0 bridgehead atoms. The minimum Gasteiger partial charge on any atom is -0.469 e. The molecule has 2 amide bonds. The Balaban J connectivity index is 1.64. The highest BCUT2D eigenvalue weighted by atomic mass is 19.2. The molecule has 1 aromatic heterocycles. The lowest BCUT2D eigenvalue weighted by molar-refractivity contribution is -0.142. The first-order chi connectivity index (χ1) is 11.5. The van der Waals surface area contributed by atoms with Gasteiger partial charge in [-0.25, -0.2) is 13.2 Å². The second-order valence-corrected chi connectivity index (χ2v) is 5.46. The molecule has 8 heteroatoms. The van der Waals surface area contributed by atoms with Gasteiger partial charge in [-0.3, -0.25) is 9.59 Å². The number of hydrogen-bond acceptors (Lipinski definition) is 3. The Hall–Kier alpha value is -2.77. The summed E-state index contributed by atoms with van der Waals surface area (Å²) in [6.07, 6.45) is 2.18. The molecule has 24 heavy (non-hydrogen) atoms. The highest BCUT2D eigenvalue weighted by Crippen LogP contribution is 2.27. The van der Waals surface area contributed by atoms with Crippen LogP contribution in [-0.4, -0.2) is 29.8 Å². The number of carbonyl (C=O) groups is 2. The predicted molar refractivity (Wildman–Crippen MR) is 77.6 cm³/mol. The van der Waals surface area contributed by atoms with Crippen LogP contribution in [0.25, 0.3) is 0 Å². The molecule has 1 aromatic carbocycles. The normalized spacial score (nSPS) is 17.1. The molecule has 2 heterocycles. The summed E-state index contributed by atoms with van der Waals surface area (Å²) in [7, 11) is 0. The first kappa shape index (κ1) is 16.1. The molecule has 0 spiro atoms. The third kappa shape index (κ3) is 3.12. The zero-order valence-corrected chi connectivity index (χ0v) is 12.4. The lowest BCUT2D eigenvalue weighted by atomic mass is 10.1. The van der Waals surface area contributed by atoms with Crippen molar-refractivity contribution < 1.29 is 27.2 Å². The van der Waals surface area contributed by atoms with Gasteiger partial charge in [0.05, 0.1) is 6.26 Å². The van der Waals surface area contributed by atoms with E-state index < -0.39 is 29.3 Å². The number of halogens is 3. The van der Waals surface area contributed by atoms with Crippen molar-refractivity contribution in [1.82, 2.24) is 4.90 Å². The second-order valence-electron chi connectivity index (χ2n) is 5.46. The SMILES string of the molecule is O=C(Nc1cc(F)c(F)c(F)c1)C(=O)N1CCC(c2ccco2)C1. The van der Waals surface area contributed by atoms with Gasteiger partial charge in [0.2, 0.25) is 0 Å². The smallest absolute Gasteiger partial charge is 0.313 e. The maximum Gasteiger partial charge on any atom is 0.313 e. The van der Waals surface area contributed by atoms with E-state index in [0.717, 1.165) is 5.76 Å². The van der Waals surface area contributed by atoms with Crippen LogP contribution in [0.5, 0.6) is 0 Å². The van der Waals surface area contributed by atoms with Crippen molar-refractivity contribution in [2.45, 2.75) is 12.3 Å². The molecule has 3 rings (SSSR count). The van der Waals surface area contributed by atoms with Crippen LogP contribution in [0.3, 0.4) is 0 Å². The molecule has 1 N–H and O–H groups in total. The molecule has 2 aromatic rings. The summed E-state index contributed by atoms with van der Waals surface area (Å²) in [6, 6.07) is 4.76. The quantitative estimate of drug-likeness (QED) is 0.676. The standard InChI is InChI=1S/C16H13F3N2O3/c17-11-6-10(7-12(18)14(11)19)20-15(22)16(23)21-4-3-9(8-21)13-2-1-5-24-13/h1-2,5-7,9H,3-4,8H2,(H,20,22). The number of benzene rings is 1. The van der Waals surface area contributed by atoms with Gasteiger partial charge in [0.1, 0.15) is 5.76 Å². The zero-order valence-electron chi connectivity index (χ0n) is 12.4. The summed E-state index contributed by atoms with van der Waals surface area (Å²) in [6.45, 7) is 0.676. The molecule has 0 saturated carbocycles. The van der Waals surface area contributed by atoms with E-state index in [1.54, 1.807) is 12.1 Å². The molecule has 1 saturated heterocycles. The summed E-state index contributed by atoms with van der Waals surface area (Å²) in [5.74, 6) is -5.67. The van der Waals surface area contributed by atoms with E-state index in [1.165, 1.54) is 11.2 Å². The van der Waals surface area contributed by atoms with Gasteiger partial charge in [-0.2, -0.15) is 0 Å². The number of hydrogen-bond donors (Lipinski definition) is 1. The average Bonchev–Trinajstić information content (AvgIpc) is 3.22. The van der Waals surface area contributed by atoms with Crippen LogP contribution in [0.2, 0.25) is 0 Å². The number of nitrogens with one attached hydrogen (secondary N) is 1. The molecule has 5 nitrogen and oxygen atoms in total. The Bertz CT molecular complexity index is 754. The van der Waals surface area contributed by atoms with Crippen molar-refractivity contribution in [2.24, 2.45) is 0 Å². The van der Waals surface area contributed by atoms with Crippen LogP contribution in [0, 0.1) is 17.5 Å². The van der Waals surface area contributed by atoms with Crippen molar-refractivity contribution in [3.63, 3.8) is 0 Å².